The first kappa shape index (κ1) is 15.7. The lowest BCUT2D eigenvalue weighted by Crippen LogP contribution is -2.27. The topological polar surface area (TPSA) is 92.6 Å². The number of nitrogens with zero attached hydrogens (tertiary/aromatic N) is 6. The molecule has 5 rings (SSSR count). The molecule has 1 saturated heterocycles. The first-order chi connectivity index (χ1) is 13.3. The van der Waals surface area contributed by atoms with Gasteiger partial charge in [0.25, 0.3) is 5.56 Å². The lowest BCUT2D eigenvalue weighted by Gasteiger charge is -2.25. The van der Waals surface area contributed by atoms with E-state index in [0.717, 1.165) is 25.2 Å². The van der Waals surface area contributed by atoms with Crippen molar-refractivity contribution in [1.82, 2.24) is 29.7 Å². The largest absolute Gasteiger partial charge is 0.345 e. The summed E-state index contributed by atoms with van der Waals surface area (Å²) in [7, 11) is 0. The van der Waals surface area contributed by atoms with Crippen LogP contribution in [-0.2, 0) is 0 Å². The molecular weight excluding hydrogens is 342 g/mol. The lowest BCUT2D eigenvalue weighted by atomic mass is 10.2. The first-order valence-corrected chi connectivity index (χ1v) is 8.87. The van der Waals surface area contributed by atoms with E-state index < -0.39 is 0 Å². The predicted octanol–water partition coefficient (Wildman–Crippen LogP) is 2.24. The maximum absolute atomic E-state index is 12.5. The summed E-state index contributed by atoms with van der Waals surface area (Å²) in [5, 5.41) is 4.82. The fraction of sp³-hybridized carbons (Fsp3) is 0.211. The van der Waals surface area contributed by atoms with Crippen molar-refractivity contribution in [2.75, 3.05) is 11.4 Å². The third kappa shape index (κ3) is 2.75. The van der Waals surface area contributed by atoms with Gasteiger partial charge < -0.3 is 9.88 Å². The lowest BCUT2D eigenvalue weighted by molar-refractivity contribution is 0.658. The Bertz CT molecular complexity index is 1150. The number of para-hydroxylation sites is 1. The van der Waals surface area contributed by atoms with Gasteiger partial charge in [-0.25, -0.2) is 14.6 Å². The maximum Gasteiger partial charge on any atom is 0.258 e. The van der Waals surface area contributed by atoms with E-state index in [1.54, 1.807) is 29.3 Å². The minimum Gasteiger partial charge on any atom is -0.345 e. The Morgan fingerprint density at radius 2 is 1.96 bits per heavy atom. The highest BCUT2D eigenvalue weighted by molar-refractivity contribution is 5.77. The number of anilines is 1. The van der Waals surface area contributed by atoms with Gasteiger partial charge in [-0.15, -0.1) is 0 Å². The molecule has 0 aliphatic carbocycles. The van der Waals surface area contributed by atoms with Crippen LogP contribution in [0.15, 0.2) is 59.9 Å². The van der Waals surface area contributed by atoms with Gasteiger partial charge in [0, 0.05) is 18.9 Å². The Morgan fingerprint density at radius 3 is 2.85 bits per heavy atom. The van der Waals surface area contributed by atoms with Gasteiger partial charge in [0.1, 0.15) is 11.6 Å². The molecule has 8 nitrogen and oxygen atoms in total. The number of benzene rings is 1. The highest BCUT2D eigenvalue weighted by atomic mass is 16.1. The first-order valence-electron chi connectivity index (χ1n) is 8.87. The molecule has 1 unspecified atom stereocenters. The van der Waals surface area contributed by atoms with E-state index in [-0.39, 0.29) is 11.6 Å². The molecule has 1 fully saturated rings. The summed E-state index contributed by atoms with van der Waals surface area (Å²) in [6.45, 7) is 0.832. The van der Waals surface area contributed by atoms with Crippen LogP contribution in [0.25, 0.3) is 16.7 Å². The van der Waals surface area contributed by atoms with Crippen LogP contribution in [-0.4, -0.2) is 36.3 Å². The number of fused-ring (bicyclic) bond motifs is 1. The zero-order valence-corrected chi connectivity index (χ0v) is 14.5. The molecule has 0 radical (unpaired) electrons. The molecule has 4 aromatic rings. The van der Waals surface area contributed by atoms with Crippen LogP contribution in [0.1, 0.15) is 24.7 Å². The standard InChI is InChI=1S/C19H17N7O/c27-19-13-5-1-2-6-14(13)22-18(24-19)15-7-3-9-25(15)16-11-20-12-17(23-16)26-10-4-8-21-26/h1-2,4-6,8,10-12,15H,3,7,9H2,(H,22,24,27). The van der Waals surface area contributed by atoms with E-state index in [9.17, 15) is 4.79 Å². The quantitative estimate of drug-likeness (QED) is 0.603. The zero-order chi connectivity index (χ0) is 18.2. The van der Waals surface area contributed by atoms with Gasteiger partial charge in [-0.05, 0) is 31.0 Å². The van der Waals surface area contributed by atoms with E-state index in [4.69, 9.17) is 9.97 Å². The van der Waals surface area contributed by atoms with Crippen molar-refractivity contribution in [1.29, 1.82) is 0 Å². The molecule has 0 saturated carbocycles. The van der Waals surface area contributed by atoms with Crippen molar-refractivity contribution in [2.45, 2.75) is 18.9 Å². The van der Waals surface area contributed by atoms with Gasteiger partial charge in [0.15, 0.2) is 5.82 Å². The van der Waals surface area contributed by atoms with Crippen molar-refractivity contribution in [3.8, 4) is 5.82 Å². The molecule has 27 heavy (non-hydrogen) atoms. The van der Waals surface area contributed by atoms with Crippen LogP contribution >= 0.6 is 0 Å². The van der Waals surface area contributed by atoms with Crippen LogP contribution in [0.4, 0.5) is 5.82 Å². The second-order valence-corrected chi connectivity index (χ2v) is 6.51. The molecule has 0 amide bonds. The summed E-state index contributed by atoms with van der Waals surface area (Å²) >= 11 is 0. The van der Waals surface area contributed by atoms with Gasteiger partial charge in [-0.1, -0.05) is 12.1 Å². The predicted molar refractivity (Wildman–Crippen MR) is 101 cm³/mol. The number of H-pyrrole nitrogens is 1. The van der Waals surface area contributed by atoms with Crippen molar-refractivity contribution in [3.05, 3.63) is 71.3 Å². The molecule has 3 aromatic heterocycles. The van der Waals surface area contributed by atoms with Gasteiger partial charge in [-0.3, -0.25) is 9.78 Å². The highest BCUT2D eigenvalue weighted by Crippen LogP contribution is 2.33. The third-order valence-corrected chi connectivity index (χ3v) is 4.84. The molecule has 8 heteroatoms. The Balaban J connectivity index is 1.55. The van der Waals surface area contributed by atoms with Gasteiger partial charge in [0.05, 0.1) is 29.3 Å². The van der Waals surface area contributed by atoms with Gasteiger partial charge >= 0.3 is 0 Å². The molecule has 1 N–H and O–H groups in total. The van der Waals surface area contributed by atoms with Crippen LogP contribution in [0.3, 0.4) is 0 Å². The molecule has 0 spiro atoms. The Morgan fingerprint density at radius 1 is 1.07 bits per heavy atom. The summed E-state index contributed by atoms with van der Waals surface area (Å²) in [4.78, 5) is 31.3. The maximum atomic E-state index is 12.5. The fourth-order valence-electron chi connectivity index (χ4n) is 3.59. The van der Waals surface area contributed by atoms with Crippen LogP contribution < -0.4 is 10.5 Å². The average molecular weight is 359 g/mol. The molecule has 1 aliphatic rings. The fourth-order valence-corrected chi connectivity index (χ4v) is 3.59. The normalized spacial score (nSPS) is 16.9. The van der Waals surface area contributed by atoms with Crippen LogP contribution in [0.2, 0.25) is 0 Å². The van der Waals surface area contributed by atoms with Gasteiger partial charge in [0.2, 0.25) is 0 Å². The Labute approximate surface area is 154 Å². The summed E-state index contributed by atoms with van der Waals surface area (Å²) in [6.07, 6.45) is 8.85. The minimum absolute atomic E-state index is 0.0375. The summed E-state index contributed by atoms with van der Waals surface area (Å²) in [5.74, 6) is 2.08. The second kappa shape index (κ2) is 6.31. The van der Waals surface area contributed by atoms with E-state index in [0.29, 0.717) is 22.5 Å². The highest BCUT2D eigenvalue weighted by Gasteiger charge is 2.30. The molecule has 1 aliphatic heterocycles. The SMILES string of the molecule is O=c1[nH]c(C2CCCN2c2cncc(-n3cccn3)n2)nc2ccccc12. The number of rotatable bonds is 3. The number of aromatic amines is 1. The number of hydrogen-bond donors (Lipinski definition) is 1. The van der Waals surface area contributed by atoms with Crippen molar-refractivity contribution in [3.63, 3.8) is 0 Å². The summed E-state index contributed by atoms with van der Waals surface area (Å²) < 4.78 is 1.68. The van der Waals surface area contributed by atoms with Crippen LogP contribution in [0, 0.1) is 0 Å². The van der Waals surface area contributed by atoms with Gasteiger partial charge in [-0.2, -0.15) is 5.10 Å². The number of hydrogen-bond acceptors (Lipinski definition) is 6. The molecule has 0 bridgehead atoms. The van der Waals surface area contributed by atoms with E-state index >= 15 is 0 Å². The molecular formula is C19H17N7O. The summed E-state index contributed by atoms with van der Waals surface area (Å²) in [5.41, 5.74) is 0.596. The Hall–Kier alpha value is -3.55. The minimum atomic E-state index is -0.112. The van der Waals surface area contributed by atoms with E-state index in [2.05, 4.69) is 20.0 Å². The average Bonchev–Trinajstić information content (AvgIpc) is 3.40. The molecule has 1 aromatic carbocycles. The molecule has 1 atom stereocenters. The molecule has 4 heterocycles. The Kier molecular flexibility index (Phi) is 3.67. The summed E-state index contributed by atoms with van der Waals surface area (Å²) in [6, 6.07) is 9.20. The second-order valence-electron chi connectivity index (χ2n) is 6.51. The van der Waals surface area contributed by atoms with E-state index in [1.165, 1.54) is 0 Å². The zero-order valence-electron chi connectivity index (χ0n) is 14.5. The van der Waals surface area contributed by atoms with Crippen molar-refractivity contribution in [2.24, 2.45) is 0 Å². The smallest absolute Gasteiger partial charge is 0.258 e. The number of nitrogens with one attached hydrogen (secondary N) is 1. The third-order valence-electron chi connectivity index (χ3n) is 4.84. The molecule has 134 valence electrons. The van der Waals surface area contributed by atoms with Crippen LogP contribution in [0.5, 0.6) is 0 Å². The van der Waals surface area contributed by atoms with Crippen molar-refractivity contribution >= 4 is 16.7 Å². The number of aromatic nitrogens is 6. The van der Waals surface area contributed by atoms with E-state index in [1.807, 2.05) is 30.5 Å². The van der Waals surface area contributed by atoms with Crippen molar-refractivity contribution < 1.29 is 0 Å². The monoisotopic (exact) mass is 359 g/mol.